The van der Waals surface area contributed by atoms with Crippen LogP contribution in [0.4, 0.5) is 4.39 Å². The Morgan fingerprint density at radius 2 is 1.91 bits per heavy atom. The van der Waals surface area contributed by atoms with Crippen LogP contribution in [0.3, 0.4) is 0 Å². The van der Waals surface area contributed by atoms with E-state index < -0.39 is 0 Å². The van der Waals surface area contributed by atoms with Crippen LogP contribution in [0, 0.1) is 19.7 Å². The predicted molar refractivity (Wildman–Crippen MR) is 127 cm³/mol. The molecule has 0 radical (unpaired) electrons. The summed E-state index contributed by atoms with van der Waals surface area (Å²) in [7, 11) is 0. The van der Waals surface area contributed by atoms with Gasteiger partial charge in [0.1, 0.15) is 5.82 Å². The van der Waals surface area contributed by atoms with Crippen LogP contribution in [0.2, 0.25) is 0 Å². The van der Waals surface area contributed by atoms with Gasteiger partial charge in [0.25, 0.3) is 5.56 Å². The molecule has 0 aliphatic carbocycles. The lowest BCUT2D eigenvalue weighted by Crippen LogP contribution is -2.27. The molecule has 0 spiro atoms. The summed E-state index contributed by atoms with van der Waals surface area (Å²) >= 11 is 2.81. The van der Waals surface area contributed by atoms with E-state index in [1.54, 1.807) is 28.5 Å². The normalized spacial score (nSPS) is 14.9. The number of carbonyl (C=O) groups is 1. The first-order chi connectivity index (χ1) is 15.3. The first kappa shape index (κ1) is 22.6. The molecule has 3 aromatic rings. The van der Waals surface area contributed by atoms with E-state index in [4.69, 9.17) is 4.98 Å². The number of aromatic nitrogens is 2. The Morgan fingerprint density at radius 1 is 1.22 bits per heavy atom. The average Bonchev–Trinajstić information content (AvgIpc) is 3.11. The third kappa shape index (κ3) is 5.07. The smallest absolute Gasteiger partial charge is 0.272 e. The van der Waals surface area contributed by atoms with E-state index in [1.807, 2.05) is 26.0 Å². The molecule has 1 amide bonds. The second-order valence-electron chi connectivity index (χ2n) is 7.98. The van der Waals surface area contributed by atoms with Crippen LogP contribution < -0.4 is 10.9 Å². The Kier molecular flexibility index (Phi) is 6.71. The van der Waals surface area contributed by atoms with Crippen molar-refractivity contribution < 1.29 is 9.18 Å². The number of nitrogens with one attached hydrogen (secondary N) is 1. The Bertz CT molecular complexity index is 1200. The molecular weight excluding hydrogens is 445 g/mol. The molecule has 1 aliphatic rings. The highest BCUT2D eigenvalue weighted by atomic mass is 32.2. The molecule has 0 bridgehead atoms. The van der Waals surface area contributed by atoms with E-state index in [0.29, 0.717) is 21.8 Å². The van der Waals surface area contributed by atoms with Crippen LogP contribution in [0.25, 0.3) is 5.69 Å². The van der Waals surface area contributed by atoms with E-state index in [2.05, 4.69) is 18.3 Å². The van der Waals surface area contributed by atoms with E-state index in [1.165, 1.54) is 23.9 Å². The lowest BCUT2D eigenvalue weighted by atomic mass is 10.1. The Balaban J connectivity index is 1.58. The SMILES string of the molecule is Cc1cc(C)cc(-n2c(SCC(=O)NCc3ccc(F)cc3)nc3c(c2=O)S[C@H](C)C3)c1. The van der Waals surface area contributed by atoms with Crippen molar-refractivity contribution in [1.82, 2.24) is 14.9 Å². The number of amides is 1. The lowest BCUT2D eigenvalue weighted by Gasteiger charge is -2.15. The van der Waals surface area contributed by atoms with Crippen molar-refractivity contribution in [3.8, 4) is 5.69 Å². The summed E-state index contributed by atoms with van der Waals surface area (Å²) in [6, 6.07) is 12.0. The lowest BCUT2D eigenvalue weighted by molar-refractivity contribution is -0.118. The van der Waals surface area contributed by atoms with Crippen molar-refractivity contribution in [1.29, 1.82) is 0 Å². The number of rotatable bonds is 6. The summed E-state index contributed by atoms with van der Waals surface area (Å²) in [4.78, 5) is 31.3. The molecule has 2 heterocycles. The van der Waals surface area contributed by atoms with Crippen molar-refractivity contribution in [3.05, 3.63) is 81.0 Å². The van der Waals surface area contributed by atoms with Gasteiger partial charge >= 0.3 is 0 Å². The number of halogens is 1. The second-order valence-corrected chi connectivity index (χ2v) is 10.4. The second kappa shape index (κ2) is 9.50. The molecule has 0 fully saturated rings. The number of fused-ring (bicyclic) bond motifs is 1. The van der Waals surface area contributed by atoms with E-state index in [-0.39, 0.29) is 23.0 Å². The zero-order valence-corrected chi connectivity index (χ0v) is 19.8. The number of carbonyl (C=O) groups excluding carboxylic acids is 1. The van der Waals surface area contributed by atoms with Gasteiger partial charge in [-0.3, -0.25) is 14.2 Å². The molecule has 4 rings (SSSR count). The van der Waals surface area contributed by atoms with Gasteiger partial charge in [-0.05, 0) is 54.8 Å². The van der Waals surface area contributed by atoms with E-state index in [0.717, 1.165) is 34.5 Å². The van der Waals surface area contributed by atoms with Gasteiger partial charge < -0.3 is 5.32 Å². The fourth-order valence-corrected chi connectivity index (χ4v) is 5.64. The van der Waals surface area contributed by atoms with E-state index >= 15 is 0 Å². The molecule has 1 N–H and O–H groups in total. The molecule has 166 valence electrons. The molecule has 1 aromatic heterocycles. The number of thioether (sulfide) groups is 2. The van der Waals surface area contributed by atoms with Gasteiger partial charge in [-0.15, -0.1) is 11.8 Å². The summed E-state index contributed by atoms with van der Waals surface area (Å²) in [5.41, 5.74) is 4.42. The number of benzene rings is 2. The van der Waals surface area contributed by atoms with Gasteiger partial charge in [-0.25, -0.2) is 9.37 Å². The van der Waals surface area contributed by atoms with Crippen molar-refractivity contribution in [3.63, 3.8) is 0 Å². The summed E-state index contributed by atoms with van der Waals surface area (Å²) in [6.07, 6.45) is 0.743. The molecular formula is C24H24FN3O2S2. The third-order valence-corrected chi connectivity index (χ3v) is 7.23. The van der Waals surface area contributed by atoms with Gasteiger partial charge in [0.2, 0.25) is 5.91 Å². The number of aryl methyl sites for hydroxylation is 2. The number of nitrogens with zero attached hydrogens (tertiary/aromatic N) is 2. The third-order valence-electron chi connectivity index (χ3n) is 5.08. The summed E-state index contributed by atoms with van der Waals surface area (Å²) in [6.45, 7) is 6.39. The van der Waals surface area contributed by atoms with Crippen molar-refractivity contribution in [2.45, 2.75) is 49.0 Å². The van der Waals surface area contributed by atoms with Crippen molar-refractivity contribution in [2.24, 2.45) is 0 Å². The molecule has 1 aliphatic heterocycles. The van der Waals surface area contributed by atoms with Gasteiger partial charge in [-0.2, -0.15) is 0 Å². The largest absolute Gasteiger partial charge is 0.351 e. The highest BCUT2D eigenvalue weighted by Gasteiger charge is 2.27. The first-order valence-electron chi connectivity index (χ1n) is 10.4. The molecule has 8 heteroatoms. The van der Waals surface area contributed by atoms with Gasteiger partial charge in [-0.1, -0.05) is 36.9 Å². The minimum absolute atomic E-state index is 0.0800. The fourth-order valence-electron chi connectivity index (χ4n) is 3.69. The highest BCUT2D eigenvalue weighted by molar-refractivity contribution is 8.00. The van der Waals surface area contributed by atoms with Crippen molar-refractivity contribution >= 4 is 29.4 Å². The van der Waals surface area contributed by atoms with Crippen LogP contribution in [-0.4, -0.2) is 26.5 Å². The molecule has 32 heavy (non-hydrogen) atoms. The van der Waals surface area contributed by atoms with Gasteiger partial charge in [0.15, 0.2) is 5.16 Å². The minimum Gasteiger partial charge on any atom is -0.351 e. The molecule has 0 unspecified atom stereocenters. The Morgan fingerprint density at radius 3 is 2.59 bits per heavy atom. The molecule has 1 atom stereocenters. The van der Waals surface area contributed by atoms with E-state index in [9.17, 15) is 14.0 Å². The molecule has 5 nitrogen and oxygen atoms in total. The zero-order valence-electron chi connectivity index (χ0n) is 18.1. The van der Waals surface area contributed by atoms with Gasteiger partial charge in [0.05, 0.1) is 22.0 Å². The monoisotopic (exact) mass is 469 g/mol. The quantitative estimate of drug-likeness (QED) is 0.427. The topological polar surface area (TPSA) is 64.0 Å². The van der Waals surface area contributed by atoms with Crippen LogP contribution in [0.1, 0.15) is 29.3 Å². The fraction of sp³-hybridized carbons (Fsp3) is 0.292. The molecule has 0 saturated carbocycles. The van der Waals surface area contributed by atoms with Crippen molar-refractivity contribution in [2.75, 3.05) is 5.75 Å². The maximum atomic E-state index is 13.4. The number of hydrogen-bond acceptors (Lipinski definition) is 5. The summed E-state index contributed by atoms with van der Waals surface area (Å²) in [5, 5.41) is 3.66. The van der Waals surface area contributed by atoms with Crippen LogP contribution in [-0.2, 0) is 17.8 Å². The van der Waals surface area contributed by atoms with Crippen LogP contribution in [0.5, 0.6) is 0 Å². The highest BCUT2D eigenvalue weighted by Crippen LogP contribution is 2.35. The Hall–Kier alpha value is -2.58. The first-order valence-corrected chi connectivity index (χ1v) is 12.2. The molecule has 2 aromatic carbocycles. The Labute approximate surface area is 194 Å². The standard InChI is InChI=1S/C24H24FN3O2S2/c1-14-8-15(2)10-19(9-14)28-23(30)22-20(11-16(3)32-22)27-24(28)31-13-21(29)26-12-17-4-6-18(25)7-5-17/h4-10,16H,11-13H2,1-3H3,(H,26,29)/t16-/m1/s1. The number of hydrogen-bond donors (Lipinski definition) is 1. The minimum atomic E-state index is -0.310. The predicted octanol–water partition coefficient (Wildman–Crippen LogP) is 4.43. The van der Waals surface area contributed by atoms with Gasteiger partial charge in [0, 0.05) is 18.2 Å². The summed E-state index contributed by atoms with van der Waals surface area (Å²) in [5.74, 6) is -0.362. The van der Waals surface area contributed by atoms with Crippen LogP contribution in [0.15, 0.2) is 57.3 Å². The average molecular weight is 470 g/mol. The maximum Gasteiger partial charge on any atom is 0.272 e. The molecule has 0 saturated heterocycles. The van der Waals surface area contributed by atoms with Crippen LogP contribution >= 0.6 is 23.5 Å². The zero-order chi connectivity index (χ0) is 22.8. The maximum absolute atomic E-state index is 13.4. The summed E-state index contributed by atoms with van der Waals surface area (Å²) < 4.78 is 14.7.